The van der Waals surface area contributed by atoms with Crippen LogP contribution in [0.5, 0.6) is 11.5 Å². The van der Waals surface area contributed by atoms with Crippen LogP contribution in [-0.2, 0) is 4.79 Å². The zero-order chi connectivity index (χ0) is 15.1. The molecule has 0 atom stereocenters. The van der Waals surface area contributed by atoms with E-state index in [9.17, 15) is 4.79 Å². The van der Waals surface area contributed by atoms with Crippen molar-refractivity contribution < 1.29 is 14.3 Å². The highest BCUT2D eigenvalue weighted by Gasteiger charge is 2.21. The largest absolute Gasteiger partial charge is 0.493 e. The third-order valence-corrected chi connectivity index (χ3v) is 4.19. The van der Waals surface area contributed by atoms with Crippen molar-refractivity contribution in [3.8, 4) is 11.5 Å². The van der Waals surface area contributed by atoms with Crippen LogP contribution in [-0.4, -0.2) is 37.6 Å². The number of benzene rings is 1. The fourth-order valence-electron chi connectivity index (χ4n) is 2.83. The highest BCUT2D eigenvalue weighted by molar-refractivity contribution is 5.77. The Labute approximate surface area is 127 Å². The minimum absolute atomic E-state index is 0.0350. The second kappa shape index (κ2) is 7.91. The van der Waals surface area contributed by atoms with Gasteiger partial charge in [-0.15, -0.1) is 0 Å². The number of rotatable bonds is 5. The second-order valence-corrected chi connectivity index (χ2v) is 5.59. The number of hydrogen-bond donors (Lipinski definition) is 0. The summed E-state index contributed by atoms with van der Waals surface area (Å²) < 4.78 is 10.8. The van der Waals surface area contributed by atoms with Gasteiger partial charge in [-0.1, -0.05) is 37.8 Å². The summed E-state index contributed by atoms with van der Waals surface area (Å²) in [6.45, 7) is 0.0629. The van der Waals surface area contributed by atoms with E-state index in [2.05, 4.69) is 0 Å². The molecule has 0 spiro atoms. The molecule has 1 aliphatic rings. The van der Waals surface area contributed by atoms with Crippen LogP contribution in [0.15, 0.2) is 24.3 Å². The van der Waals surface area contributed by atoms with Gasteiger partial charge in [-0.3, -0.25) is 4.79 Å². The number of methoxy groups -OCH3 is 1. The maximum Gasteiger partial charge on any atom is 0.260 e. The van der Waals surface area contributed by atoms with Crippen LogP contribution in [0.3, 0.4) is 0 Å². The number of hydrogen-bond acceptors (Lipinski definition) is 3. The molecule has 4 nitrogen and oxygen atoms in total. The predicted molar refractivity (Wildman–Crippen MR) is 82.7 cm³/mol. The van der Waals surface area contributed by atoms with Crippen molar-refractivity contribution in [2.45, 2.75) is 44.6 Å². The lowest BCUT2D eigenvalue weighted by Gasteiger charge is -2.27. The molecule has 0 aromatic heterocycles. The Balaban J connectivity index is 1.88. The molecule has 0 N–H and O–H groups in total. The third-order valence-electron chi connectivity index (χ3n) is 4.19. The van der Waals surface area contributed by atoms with Gasteiger partial charge in [-0.05, 0) is 25.0 Å². The molecule has 116 valence electrons. The molecule has 0 saturated heterocycles. The summed E-state index contributed by atoms with van der Waals surface area (Å²) >= 11 is 0. The molecular weight excluding hydrogens is 266 g/mol. The van der Waals surface area contributed by atoms with E-state index in [1.165, 1.54) is 25.7 Å². The maximum absolute atomic E-state index is 12.3. The summed E-state index contributed by atoms with van der Waals surface area (Å²) in [6.07, 6.45) is 7.23. The molecule has 0 unspecified atom stereocenters. The van der Waals surface area contributed by atoms with Crippen molar-refractivity contribution in [1.29, 1.82) is 0 Å². The van der Waals surface area contributed by atoms with Gasteiger partial charge in [-0.2, -0.15) is 0 Å². The molecule has 1 fully saturated rings. The first kappa shape index (κ1) is 15.7. The standard InChI is InChI=1S/C17H25NO3/c1-18(14-9-5-3-4-6-10-14)17(19)13-21-16-12-8-7-11-15(16)20-2/h7-8,11-12,14H,3-6,9-10,13H2,1-2H3. The molecular formula is C17H25NO3. The molecule has 0 heterocycles. The van der Waals surface area contributed by atoms with E-state index in [0.717, 1.165) is 12.8 Å². The van der Waals surface area contributed by atoms with Crippen LogP contribution in [0.4, 0.5) is 0 Å². The molecule has 1 aromatic rings. The van der Waals surface area contributed by atoms with E-state index in [1.54, 1.807) is 7.11 Å². The monoisotopic (exact) mass is 291 g/mol. The predicted octanol–water partition coefficient (Wildman–Crippen LogP) is 3.26. The number of ether oxygens (including phenoxy) is 2. The summed E-state index contributed by atoms with van der Waals surface area (Å²) in [4.78, 5) is 14.1. The molecule has 1 amide bonds. The van der Waals surface area contributed by atoms with Crippen LogP contribution < -0.4 is 9.47 Å². The van der Waals surface area contributed by atoms with Gasteiger partial charge < -0.3 is 14.4 Å². The number of likely N-dealkylation sites (N-methyl/N-ethyl adjacent to an activating group) is 1. The van der Waals surface area contributed by atoms with E-state index >= 15 is 0 Å². The van der Waals surface area contributed by atoms with Crippen LogP contribution in [0.25, 0.3) is 0 Å². The molecule has 0 radical (unpaired) electrons. The van der Waals surface area contributed by atoms with Gasteiger partial charge in [0.2, 0.25) is 0 Å². The van der Waals surface area contributed by atoms with E-state index in [-0.39, 0.29) is 12.5 Å². The van der Waals surface area contributed by atoms with Gasteiger partial charge in [-0.25, -0.2) is 0 Å². The minimum atomic E-state index is 0.0350. The lowest BCUT2D eigenvalue weighted by atomic mass is 10.1. The Kier molecular flexibility index (Phi) is 5.90. The van der Waals surface area contributed by atoms with Crippen molar-refractivity contribution in [3.05, 3.63) is 24.3 Å². The van der Waals surface area contributed by atoms with Crippen molar-refractivity contribution in [2.75, 3.05) is 20.8 Å². The van der Waals surface area contributed by atoms with Gasteiger partial charge in [0.1, 0.15) is 0 Å². The number of carbonyl (C=O) groups is 1. The van der Waals surface area contributed by atoms with Gasteiger partial charge in [0.15, 0.2) is 18.1 Å². The Morgan fingerprint density at radius 2 is 1.76 bits per heavy atom. The second-order valence-electron chi connectivity index (χ2n) is 5.59. The minimum Gasteiger partial charge on any atom is -0.493 e. The van der Waals surface area contributed by atoms with E-state index in [1.807, 2.05) is 36.2 Å². The van der Waals surface area contributed by atoms with Crippen molar-refractivity contribution in [1.82, 2.24) is 4.90 Å². The van der Waals surface area contributed by atoms with Gasteiger partial charge in [0, 0.05) is 13.1 Å². The van der Waals surface area contributed by atoms with Crippen molar-refractivity contribution in [3.63, 3.8) is 0 Å². The number of carbonyl (C=O) groups excluding carboxylic acids is 1. The Hall–Kier alpha value is -1.71. The van der Waals surface area contributed by atoms with E-state index in [4.69, 9.17) is 9.47 Å². The van der Waals surface area contributed by atoms with Crippen LogP contribution in [0.2, 0.25) is 0 Å². The topological polar surface area (TPSA) is 38.8 Å². The average molecular weight is 291 g/mol. The highest BCUT2D eigenvalue weighted by atomic mass is 16.5. The molecule has 4 heteroatoms. The first-order chi connectivity index (χ1) is 10.2. The summed E-state index contributed by atoms with van der Waals surface area (Å²) in [5.41, 5.74) is 0. The molecule has 21 heavy (non-hydrogen) atoms. The Morgan fingerprint density at radius 3 is 2.38 bits per heavy atom. The Bertz CT molecular complexity index is 453. The summed E-state index contributed by atoms with van der Waals surface area (Å²) in [6, 6.07) is 7.76. The zero-order valence-corrected chi connectivity index (χ0v) is 13.0. The lowest BCUT2D eigenvalue weighted by molar-refractivity contribution is -0.134. The molecule has 0 bridgehead atoms. The summed E-state index contributed by atoms with van der Waals surface area (Å²) in [5, 5.41) is 0. The number of amides is 1. The van der Waals surface area contributed by atoms with Crippen molar-refractivity contribution >= 4 is 5.91 Å². The zero-order valence-electron chi connectivity index (χ0n) is 13.0. The van der Waals surface area contributed by atoms with E-state index in [0.29, 0.717) is 17.5 Å². The number of para-hydroxylation sites is 2. The van der Waals surface area contributed by atoms with Gasteiger partial charge in [0.25, 0.3) is 5.91 Å². The first-order valence-electron chi connectivity index (χ1n) is 7.74. The van der Waals surface area contributed by atoms with Crippen molar-refractivity contribution in [2.24, 2.45) is 0 Å². The maximum atomic E-state index is 12.3. The average Bonchev–Trinajstić information content (AvgIpc) is 2.81. The summed E-state index contributed by atoms with van der Waals surface area (Å²) in [7, 11) is 3.49. The van der Waals surface area contributed by atoms with Crippen LogP contribution in [0, 0.1) is 0 Å². The highest BCUT2D eigenvalue weighted by Crippen LogP contribution is 2.26. The SMILES string of the molecule is COc1ccccc1OCC(=O)N(C)C1CCCCCC1. The van der Waals surface area contributed by atoms with Gasteiger partial charge in [0.05, 0.1) is 7.11 Å². The summed E-state index contributed by atoms with van der Waals surface area (Å²) in [5.74, 6) is 1.30. The molecule has 0 aliphatic heterocycles. The third kappa shape index (κ3) is 4.38. The van der Waals surface area contributed by atoms with E-state index < -0.39 is 0 Å². The first-order valence-corrected chi connectivity index (χ1v) is 7.74. The number of nitrogens with zero attached hydrogens (tertiary/aromatic N) is 1. The van der Waals surface area contributed by atoms with Crippen LogP contribution >= 0.6 is 0 Å². The fraction of sp³-hybridized carbons (Fsp3) is 0.588. The van der Waals surface area contributed by atoms with Gasteiger partial charge >= 0.3 is 0 Å². The fourth-order valence-corrected chi connectivity index (χ4v) is 2.83. The molecule has 1 aliphatic carbocycles. The van der Waals surface area contributed by atoms with Crippen LogP contribution in [0.1, 0.15) is 38.5 Å². The Morgan fingerprint density at radius 1 is 1.14 bits per heavy atom. The quantitative estimate of drug-likeness (QED) is 0.782. The molecule has 2 rings (SSSR count). The lowest BCUT2D eigenvalue weighted by Crippen LogP contribution is -2.39. The normalized spacial score (nSPS) is 16.1. The molecule has 1 aromatic carbocycles. The smallest absolute Gasteiger partial charge is 0.260 e. The molecule has 1 saturated carbocycles.